The molecular formula is C16H27NOS. The van der Waals surface area contributed by atoms with Crippen LogP contribution in [0.2, 0.25) is 0 Å². The fourth-order valence-electron chi connectivity index (χ4n) is 2.26. The number of hydrogen-bond donors (Lipinski definition) is 1. The van der Waals surface area contributed by atoms with Crippen molar-refractivity contribution in [2.75, 3.05) is 5.75 Å². The van der Waals surface area contributed by atoms with E-state index in [1.807, 2.05) is 30.3 Å². The molecule has 0 saturated carbocycles. The molecule has 0 saturated heterocycles. The maximum atomic E-state index is 12.6. The fraction of sp³-hybridized carbons (Fsp3) is 0.625. The lowest BCUT2D eigenvalue weighted by atomic mass is 9.97. The first-order valence-electron chi connectivity index (χ1n) is 7.15. The van der Waals surface area contributed by atoms with Gasteiger partial charge in [0.15, 0.2) is 0 Å². The van der Waals surface area contributed by atoms with Crippen molar-refractivity contribution < 1.29 is 4.21 Å². The summed E-state index contributed by atoms with van der Waals surface area (Å²) >= 11 is 0. The molecule has 0 bridgehead atoms. The third-order valence-electron chi connectivity index (χ3n) is 3.64. The van der Waals surface area contributed by atoms with Gasteiger partial charge in [0.1, 0.15) is 0 Å². The molecule has 0 spiro atoms. The van der Waals surface area contributed by atoms with Crippen LogP contribution in [0, 0.1) is 11.8 Å². The molecule has 108 valence electrons. The van der Waals surface area contributed by atoms with Gasteiger partial charge in [-0.3, -0.25) is 4.21 Å². The summed E-state index contributed by atoms with van der Waals surface area (Å²) in [5.74, 6) is 1.56. The molecule has 0 radical (unpaired) electrons. The van der Waals surface area contributed by atoms with Crippen molar-refractivity contribution in [2.24, 2.45) is 17.6 Å². The largest absolute Gasteiger partial charge is 0.323 e. The van der Waals surface area contributed by atoms with E-state index in [1.165, 1.54) is 0 Å². The Morgan fingerprint density at radius 2 is 1.74 bits per heavy atom. The van der Waals surface area contributed by atoms with E-state index in [-0.39, 0.29) is 11.3 Å². The molecule has 1 aromatic rings. The summed E-state index contributed by atoms with van der Waals surface area (Å²) in [6.07, 6.45) is 1.07. The normalized spacial score (nSPS) is 18.0. The van der Waals surface area contributed by atoms with Crippen molar-refractivity contribution in [3.8, 4) is 0 Å². The smallest absolute Gasteiger partial charge is 0.0563 e. The first-order valence-corrected chi connectivity index (χ1v) is 8.53. The van der Waals surface area contributed by atoms with E-state index in [0.29, 0.717) is 11.8 Å². The lowest BCUT2D eigenvalue weighted by molar-refractivity contribution is 0.504. The highest BCUT2D eigenvalue weighted by molar-refractivity contribution is 7.85. The van der Waals surface area contributed by atoms with Gasteiger partial charge in [0.2, 0.25) is 0 Å². The van der Waals surface area contributed by atoms with Crippen molar-refractivity contribution in [3.63, 3.8) is 0 Å². The molecule has 4 atom stereocenters. The Balaban J connectivity index is 2.86. The molecular weight excluding hydrogens is 254 g/mol. The third-order valence-corrected chi connectivity index (χ3v) is 5.99. The number of nitrogens with two attached hydrogens (primary N) is 1. The molecule has 0 aliphatic carbocycles. The third kappa shape index (κ3) is 4.73. The predicted octanol–water partition coefficient (Wildman–Crippen LogP) is 3.51. The van der Waals surface area contributed by atoms with Gasteiger partial charge in [0.05, 0.1) is 5.25 Å². The van der Waals surface area contributed by atoms with Crippen LogP contribution in [0.5, 0.6) is 0 Å². The van der Waals surface area contributed by atoms with Gasteiger partial charge < -0.3 is 5.73 Å². The molecule has 1 aromatic carbocycles. The van der Waals surface area contributed by atoms with Crippen LogP contribution in [0.15, 0.2) is 30.3 Å². The topological polar surface area (TPSA) is 43.1 Å². The van der Waals surface area contributed by atoms with E-state index < -0.39 is 10.8 Å². The van der Waals surface area contributed by atoms with E-state index in [4.69, 9.17) is 5.73 Å². The van der Waals surface area contributed by atoms with Gasteiger partial charge in [-0.1, -0.05) is 64.4 Å². The lowest BCUT2D eigenvalue weighted by Gasteiger charge is -2.28. The molecule has 19 heavy (non-hydrogen) atoms. The van der Waals surface area contributed by atoms with Crippen LogP contribution in [-0.2, 0) is 10.8 Å². The van der Waals surface area contributed by atoms with Crippen LogP contribution in [0.4, 0.5) is 0 Å². The van der Waals surface area contributed by atoms with E-state index in [0.717, 1.165) is 17.7 Å². The Labute approximate surface area is 120 Å². The molecule has 2 N–H and O–H groups in total. The molecule has 0 fully saturated rings. The van der Waals surface area contributed by atoms with E-state index in [9.17, 15) is 4.21 Å². The second kappa shape index (κ2) is 7.81. The molecule has 2 nitrogen and oxygen atoms in total. The Hall–Kier alpha value is -0.670. The Morgan fingerprint density at radius 1 is 1.16 bits per heavy atom. The number of rotatable bonds is 7. The molecule has 0 amide bonds. The zero-order valence-corrected chi connectivity index (χ0v) is 13.3. The maximum absolute atomic E-state index is 12.6. The summed E-state index contributed by atoms with van der Waals surface area (Å²) in [4.78, 5) is 0. The summed E-state index contributed by atoms with van der Waals surface area (Å²) in [7, 11) is -0.873. The molecule has 0 heterocycles. The SMILES string of the molecule is CCC(C)CS(=O)C(C(C)C)C(N)c1ccccc1. The average Bonchev–Trinajstić information content (AvgIpc) is 2.39. The Kier molecular flexibility index (Phi) is 6.73. The summed E-state index contributed by atoms with van der Waals surface area (Å²) in [6, 6.07) is 9.87. The summed E-state index contributed by atoms with van der Waals surface area (Å²) < 4.78 is 12.6. The lowest BCUT2D eigenvalue weighted by Crippen LogP contribution is -2.36. The first kappa shape index (κ1) is 16.4. The van der Waals surface area contributed by atoms with E-state index in [2.05, 4.69) is 27.7 Å². The molecule has 0 aromatic heterocycles. The molecule has 1 rings (SSSR count). The van der Waals surface area contributed by atoms with Gasteiger partial charge in [0, 0.05) is 22.6 Å². The standard InChI is InChI=1S/C16H27NOS/c1-5-13(4)11-19(18)16(12(2)3)15(17)14-9-7-6-8-10-14/h6-10,12-13,15-16H,5,11,17H2,1-4H3. The molecule has 4 unspecified atom stereocenters. The molecule has 0 aliphatic heterocycles. The van der Waals surface area contributed by atoms with Crippen LogP contribution in [-0.4, -0.2) is 15.2 Å². The van der Waals surface area contributed by atoms with Crippen LogP contribution < -0.4 is 5.73 Å². The van der Waals surface area contributed by atoms with Gasteiger partial charge in [-0.2, -0.15) is 0 Å². The van der Waals surface area contributed by atoms with Crippen LogP contribution in [0.1, 0.15) is 45.7 Å². The minimum Gasteiger partial charge on any atom is -0.323 e. The van der Waals surface area contributed by atoms with Crippen molar-refractivity contribution in [1.29, 1.82) is 0 Å². The van der Waals surface area contributed by atoms with Crippen LogP contribution in [0.25, 0.3) is 0 Å². The second-order valence-corrected chi connectivity index (χ2v) is 7.35. The monoisotopic (exact) mass is 281 g/mol. The van der Waals surface area contributed by atoms with Gasteiger partial charge in [0.25, 0.3) is 0 Å². The zero-order valence-electron chi connectivity index (χ0n) is 12.5. The minimum atomic E-state index is -0.873. The average molecular weight is 281 g/mol. The van der Waals surface area contributed by atoms with E-state index in [1.54, 1.807) is 0 Å². The number of hydrogen-bond acceptors (Lipinski definition) is 2. The van der Waals surface area contributed by atoms with Gasteiger partial charge >= 0.3 is 0 Å². The molecule has 3 heteroatoms. The Morgan fingerprint density at radius 3 is 2.21 bits per heavy atom. The van der Waals surface area contributed by atoms with Crippen molar-refractivity contribution in [3.05, 3.63) is 35.9 Å². The molecule has 0 aliphatic rings. The van der Waals surface area contributed by atoms with Crippen molar-refractivity contribution >= 4 is 10.8 Å². The summed E-state index contributed by atoms with van der Waals surface area (Å²) in [5.41, 5.74) is 7.45. The highest BCUT2D eigenvalue weighted by Gasteiger charge is 2.29. The maximum Gasteiger partial charge on any atom is 0.0563 e. The second-order valence-electron chi connectivity index (χ2n) is 5.71. The Bertz CT molecular complexity index is 391. The minimum absolute atomic E-state index is 0.0244. The fourth-order valence-corrected chi connectivity index (χ4v) is 4.37. The van der Waals surface area contributed by atoms with Crippen molar-refractivity contribution in [1.82, 2.24) is 0 Å². The highest BCUT2D eigenvalue weighted by Crippen LogP contribution is 2.25. The van der Waals surface area contributed by atoms with Gasteiger partial charge in [-0.25, -0.2) is 0 Å². The van der Waals surface area contributed by atoms with Crippen LogP contribution >= 0.6 is 0 Å². The van der Waals surface area contributed by atoms with Crippen LogP contribution in [0.3, 0.4) is 0 Å². The quantitative estimate of drug-likeness (QED) is 0.831. The summed E-state index contributed by atoms with van der Waals surface area (Å²) in [5, 5.41) is 0.0244. The van der Waals surface area contributed by atoms with Crippen molar-refractivity contribution in [2.45, 2.75) is 45.4 Å². The zero-order chi connectivity index (χ0) is 14.4. The summed E-state index contributed by atoms with van der Waals surface area (Å²) in [6.45, 7) is 8.52. The number of benzene rings is 1. The van der Waals surface area contributed by atoms with Gasteiger partial charge in [-0.05, 0) is 17.4 Å². The highest BCUT2D eigenvalue weighted by atomic mass is 32.2. The van der Waals surface area contributed by atoms with Gasteiger partial charge in [-0.15, -0.1) is 0 Å². The first-order chi connectivity index (χ1) is 8.97. The van der Waals surface area contributed by atoms with E-state index >= 15 is 0 Å². The predicted molar refractivity (Wildman–Crippen MR) is 84.5 cm³/mol.